The first kappa shape index (κ1) is 20.6. The molecule has 148 valence electrons. The summed E-state index contributed by atoms with van der Waals surface area (Å²) >= 11 is 0. The normalized spacial score (nSPS) is 27.3. The Labute approximate surface area is 152 Å². The van der Waals surface area contributed by atoms with E-state index >= 15 is 0 Å². The van der Waals surface area contributed by atoms with Crippen LogP contribution in [0.25, 0.3) is 0 Å². The molecule has 1 saturated heterocycles. The molecule has 2 unspecified atom stereocenters. The molecule has 0 saturated carbocycles. The zero-order chi connectivity index (χ0) is 20.2. The monoisotopic (exact) mass is 385 g/mol. The predicted molar refractivity (Wildman–Crippen MR) is 85.3 cm³/mol. The van der Waals surface area contributed by atoms with Gasteiger partial charge in [0.05, 0.1) is 12.7 Å². The zero-order valence-electron chi connectivity index (χ0n) is 14.5. The summed E-state index contributed by atoms with van der Waals surface area (Å²) in [6.45, 7) is 2.38. The van der Waals surface area contributed by atoms with Crippen molar-refractivity contribution in [2.24, 2.45) is 0 Å². The van der Waals surface area contributed by atoms with Gasteiger partial charge in [0.2, 0.25) is 0 Å². The number of hydrogen-bond acceptors (Lipinski definition) is 10. The van der Waals surface area contributed by atoms with Crippen molar-refractivity contribution in [2.45, 2.75) is 44.0 Å². The summed E-state index contributed by atoms with van der Waals surface area (Å²) in [5.74, 6) is 0. The lowest BCUT2D eigenvalue weighted by atomic mass is 10.0. The topological polar surface area (TPSA) is 173 Å². The minimum Gasteiger partial charge on any atom is -0.432 e. The lowest BCUT2D eigenvalue weighted by Gasteiger charge is -2.26. The maximum atomic E-state index is 12.0. The van der Waals surface area contributed by atoms with Gasteiger partial charge in [-0.15, -0.1) is 0 Å². The Morgan fingerprint density at radius 3 is 2.78 bits per heavy atom. The molecule has 0 amide bonds. The Balaban J connectivity index is 2.05. The minimum atomic E-state index is -2.27. The number of aromatic amines is 1. The van der Waals surface area contributed by atoms with Crippen molar-refractivity contribution < 1.29 is 34.0 Å². The van der Waals surface area contributed by atoms with Crippen molar-refractivity contribution in [3.8, 4) is 6.07 Å². The highest BCUT2D eigenvalue weighted by Crippen LogP contribution is 2.34. The van der Waals surface area contributed by atoms with Crippen LogP contribution in [-0.2, 0) is 24.7 Å². The van der Waals surface area contributed by atoms with Crippen LogP contribution in [0, 0.1) is 11.3 Å². The molecule has 1 aromatic rings. The van der Waals surface area contributed by atoms with Crippen molar-refractivity contribution in [1.82, 2.24) is 9.55 Å². The van der Waals surface area contributed by atoms with Crippen LogP contribution in [0.5, 0.6) is 0 Å². The molecule has 2 heterocycles. The van der Waals surface area contributed by atoms with Gasteiger partial charge < -0.3 is 29.2 Å². The maximum Gasteiger partial charge on any atom is 0.510 e. The first-order valence-corrected chi connectivity index (χ1v) is 7.90. The first-order valence-electron chi connectivity index (χ1n) is 7.90. The summed E-state index contributed by atoms with van der Waals surface area (Å²) in [4.78, 5) is 36.3. The molecular formula is C15H19N3O9. The molecule has 0 radical (unpaired) electrons. The third-order valence-electron chi connectivity index (χ3n) is 3.65. The van der Waals surface area contributed by atoms with Crippen LogP contribution < -0.4 is 11.2 Å². The molecule has 4 atom stereocenters. The fraction of sp³-hybridized carbons (Fsp3) is 0.600. The number of carbonyl (C=O) groups is 1. The number of nitrogens with zero attached hydrogens (tertiary/aromatic N) is 2. The number of aliphatic hydroxyl groups excluding tert-OH is 2. The zero-order valence-corrected chi connectivity index (χ0v) is 14.5. The summed E-state index contributed by atoms with van der Waals surface area (Å²) in [5.41, 5.74) is -3.98. The van der Waals surface area contributed by atoms with Crippen molar-refractivity contribution >= 4 is 6.16 Å². The summed E-state index contributed by atoms with van der Waals surface area (Å²) in [6, 6.07) is 2.60. The van der Waals surface area contributed by atoms with E-state index in [9.17, 15) is 29.9 Å². The largest absolute Gasteiger partial charge is 0.510 e. The highest BCUT2D eigenvalue weighted by atomic mass is 16.8. The van der Waals surface area contributed by atoms with Crippen molar-refractivity contribution in [3.05, 3.63) is 33.1 Å². The van der Waals surface area contributed by atoms with Crippen LogP contribution in [-0.4, -0.2) is 63.7 Å². The van der Waals surface area contributed by atoms with Gasteiger partial charge in [-0.05, 0) is 13.8 Å². The van der Waals surface area contributed by atoms with E-state index < -0.39 is 48.2 Å². The Morgan fingerprint density at radius 2 is 2.19 bits per heavy atom. The van der Waals surface area contributed by atoms with Gasteiger partial charge in [-0.1, -0.05) is 0 Å². The molecule has 1 aliphatic heterocycles. The average Bonchev–Trinajstić information content (AvgIpc) is 2.83. The maximum absolute atomic E-state index is 12.0. The van der Waals surface area contributed by atoms with E-state index in [1.807, 2.05) is 4.98 Å². The van der Waals surface area contributed by atoms with E-state index in [0.717, 1.165) is 12.3 Å². The standard InChI is InChI=1S/C15H19N3O9/c1-8(2)26-14(23)25-7-24-5-9-11(20)12(21)15(6-16,27-9)18-4-3-10(19)17-13(18)22/h3-4,8-9,11-12,20-21H,5,7H2,1-2H3,(H,17,19,22)/t9-,11?,12?,15-/m1/s1. The summed E-state index contributed by atoms with van der Waals surface area (Å²) in [7, 11) is 0. The summed E-state index contributed by atoms with van der Waals surface area (Å²) in [5, 5.41) is 29.9. The van der Waals surface area contributed by atoms with Crippen molar-refractivity contribution in [2.75, 3.05) is 13.4 Å². The van der Waals surface area contributed by atoms with Crippen LogP contribution in [0.2, 0.25) is 0 Å². The number of aliphatic hydroxyl groups is 2. The molecule has 2 rings (SSSR count). The second kappa shape index (κ2) is 8.31. The summed E-state index contributed by atoms with van der Waals surface area (Å²) < 4.78 is 20.4. The average molecular weight is 385 g/mol. The van der Waals surface area contributed by atoms with Crippen molar-refractivity contribution in [1.29, 1.82) is 5.26 Å². The smallest absolute Gasteiger partial charge is 0.432 e. The van der Waals surface area contributed by atoms with Gasteiger partial charge in [-0.2, -0.15) is 5.26 Å². The van der Waals surface area contributed by atoms with Gasteiger partial charge in [-0.25, -0.2) is 9.59 Å². The van der Waals surface area contributed by atoms with Crippen LogP contribution in [0.15, 0.2) is 21.9 Å². The van der Waals surface area contributed by atoms with Gasteiger partial charge in [0.25, 0.3) is 11.3 Å². The fourth-order valence-corrected chi connectivity index (χ4v) is 2.44. The fourth-order valence-electron chi connectivity index (χ4n) is 2.44. The molecule has 0 aliphatic carbocycles. The third kappa shape index (κ3) is 4.34. The molecule has 1 aliphatic rings. The Hall–Kier alpha value is -2.72. The van der Waals surface area contributed by atoms with E-state index in [0.29, 0.717) is 4.57 Å². The predicted octanol–water partition coefficient (Wildman–Crippen LogP) is -1.63. The molecule has 27 heavy (non-hydrogen) atoms. The van der Waals surface area contributed by atoms with E-state index in [1.165, 1.54) is 0 Å². The van der Waals surface area contributed by atoms with E-state index in [4.69, 9.17) is 14.2 Å². The number of rotatable bonds is 6. The Kier molecular flexibility index (Phi) is 6.34. The minimum absolute atomic E-state index is 0.366. The molecule has 0 spiro atoms. The second-order valence-corrected chi connectivity index (χ2v) is 5.93. The van der Waals surface area contributed by atoms with Crippen LogP contribution >= 0.6 is 0 Å². The van der Waals surface area contributed by atoms with Crippen LogP contribution in [0.4, 0.5) is 4.79 Å². The van der Waals surface area contributed by atoms with Crippen LogP contribution in [0.1, 0.15) is 13.8 Å². The number of nitrogens with one attached hydrogen (secondary N) is 1. The molecule has 1 fully saturated rings. The third-order valence-corrected chi connectivity index (χ3v) is 3.65. The number of nitriles is 1. The molecule has 12 heteroatoms. The quantitative estimate of drug-likeness (QED) is 0.293. The van der Waals surface area contributed by atoms with E-state index in [2.05, 4.69) is 4.74 Å². The number of ether oxygens (including phenoxy) is 4. The lowest BCUT2D eigenvalue weighted by molar-refractivity contribution is -0.131. The molecule has 0 aromatic carbocycles. The van der Waals surface area contributed by atoms with Crippen molar-refractivity contribution in [3.63, 3.8) is 0 Å². The highest BCUT2D eigenvalue weighted by molar-refractivity contribution is 5.59. The highest BCUT2D eigenvalue weighted by Gasteiger charge is 2.57. The van der Waals surface area contributed by atoms with Gasteiger partial charge in [0.15, 0.2) is 6.79 Å². The van der Waals surface area contributed by atoms with Gasteiger partial charge in [0, 0.05) is 12.3 Å². The van der Waals surface area contributed by atoms with Gasteiger partial charge in [-0.3, -0.25) is 14.3 Å². The number of H-pyrrole nitrogens is 1. The SMILES string of the molecule is CC(C)OC(=O)OCOC[C@H]1O[C@@](C#N)(n2ccc(=O)[nH]c2=O)C(O)C1O. The molecule has 3 N–H and O–H groups in total. The first-order chi connectivity index (χ1) is 12.7. The second-order valence-electron chi connectivity index (χ2n) is 5.93. The molecule has 1 aromatic heterocycles. The van der Waals surface area contributed by atoms with Gasteiger partial charge in [0.1, 0.15) is 24.4 Å². The molecule has 12 nitrogen and oxygen atoms in total. The Bertz CT molecular complexity index is 827. The van der Waals surface area contributed by atoms with Gasteiger partial charge >= 0.3 is 11.8 Å². The number of hydrogen-bond donors (Lipinski definition) is 3. The Morgan fingerprint density at radius 1 is 1.48 bits per heavy atom. The number of aromatic nitrogens is 2. The molecule has 0 bridgehead atoms. The van der Waals surface area contributed by atoms with E-state index in [1.54, 1.807) is 19.9 Å². The summed E-state index contributed by atoms with van der Waals surface area (Å²) in [6.07, 6.45) is -4.99. The molecular weight excluding hydrogens is 366 g/mol. The number of carbonyl (C=O) groups excluding carboxylic acids is 1. The van der Waals surface area contributed by atoms with E-state index in [-0.39, 0.29) is 12.7 Å². The lowest BCUT2D eigenvalue weighted by Crippen LogP contribution is -2.50. The van der Waals surface area contributed by atoms with Crippen LogP contribution in [0.3, 0.4) is 0 Å².